The highest BCUT2D eigenvalue weighted by molar-refractivity contribution is 7.87. The predicted octanol–water partition coefficient (Wildman–Crippen LogP) is 0.0919. The minimum Gasteiger partial charge on any atom is -0.457 e. The molecule has 3 fully saturated rings. The quantitative estimate of drug-likeness (QED) is 0.389. The van der Waals surface area contributed by atoms with E-state index in [2.05, 4.69) is 6.58 Å². The van der Waals surface area contributed by atoms with E-state index >= 15 is 0 Å². The molecule has 3 saturated heterocycles. The highest BCUT2D eigenvalue weighted by Crippen LogP contribution is 2.47. The molecule has 0 aliphatic carbocycles. The van der Waals surface area contributed by atoms with E-state index in [9.17, 15) is 18.0 Å². The summed E-state index contributed by atoms with van der Waals surface area (Å²) in [5.74, 6) is -0.600. The molecule has 5 atom stereocenters. The Morgan fingerprint density at radius 3 is 2.76 bits per heavy atom. The first-order chi connectivity index (χ1) is 9.92. The molecule has 0 aromatic heterocycles. The summed E-state index contributed by atoms with van der Waals surface area (Å²) < 4.78 is 39.2. The van der Waals surface area contributed by atoms with Crippen LogP contribution >= 0.6 is 0 Å². The Labute approximate surface area is 122 Å². The van der Waals surface area contributed by atoms with E-state index in [4.69, 9.17) is 13.7 Å². The van der Waals surface area contributed by atoms with Gasteiger partial charge in [-0.3, -0.25) is 13.8 Å². The molecule has 0 N–H and O–H groups in total. The van der Waals surface area contributed by atoms with Gasteiger partial charge >= 0.3 is 5.97 Å². The van der Waals surface area contributed by atoms with E-state index in [0.29, 0.717) is 12.8 Å². The molecule has 3 heterocycles. The maximum Gasteiger partial charge on any atom is 0.306 e. The average molecular weight is 316 g/mol. The van der Waals surface area contributed by atoms with Gasteiger partial charge in [-0.25, -0.2) is 0 Å². The van der Waals surface area contributed by atoms with Crippen molar-refractivity contribution in [3.05, 3.63) is 12.7 Å². The lowest BCUT2D eigenvalue weighted by molar-refractivity contribution is -0.154. The lowest BCUT2D eigenvalue weighted by atomic mass is 9.94. The average Bonchev–Trinajstić information content (AvgIpc) is 3.02. The normalized spacial score (nSPS) is 38.4. The van der Waals surface area contributed by atoms with Gasteiger partial charge < -0.3 is 9.47 Å². The number of esters is 1. The molecule has 7 nitrogen and oxygen atoms in total. The zero-order valence-electron chi connectivity index (χ0n) is 11.3. The van der Waals surface area contributed by atoms with Gasteiger partial charge in [-0.1, -0.05) is 6.58 Å². The topological polar surface area (TPSA) is 96.0 Å². The van der Waals surface area contributed by atoms with Gasteiger partial charge in [-0.05, 0) is 18.9 Å². The van der Waals surface area contributed by atoms with Crippen molar-refractivity contribution in [3.8, 4) is 0 Å². The molecule has 0 radical (unpaired) electrons. The number of rotatable bonds is 6. The number of hydrogen-bond donors (Lipinski definition) is 0. The molecule has 0 aromatic rings. The van der Waals surface area contributed by atoms with Crippen LogP contribution in [0.5, 0.6) is 0 Å². The van der Waals surface area contributed by atoms with Crippen LogP contribution in [0.4, 0.5) is 0 Å². The number of fused-ring (bicyclic) bond motifs is 1. The van der Waals surface area contributed by atoms with E-state index < -0.39 is 45.8 Å². The fourth-order valence-electron chi connectivity index (χ4n) is 3.09. The van der Waals surface area contributed by atoms with Gasteiger partial charge in [0.2, 0.25) is 0 Å². The van der Waals surface area contributed by atoms with Crippen molar-refractivity contribution in [2.75, 3.05) is 0 Å². The second-order valence-corrected chi connectivity index (χ2v) is 7.23. The Kier molecular flexibility index (Phi) is 3.62. The van der Waals surface area contributed by atoms with Crippen LogP contribution in [0.2, 0.25) is 0 Å². The third kappa shape index (κ3) is 2.51. The molecular formula is C13H16O7S. The molecule has 21 heavy (non-hydrogen) atoms. The van der Waals surface area contributed by atoms with Crippen molar-refractivity contribution < 1.29 is 31.7 Å². The number of ether oxygens (including phenoxy) is 2. The third-order valence-corrected chi connectivity index (χ3v) is 5.79. The van der Waals surface area contributed by atoms with E-state index in [1.54, 1.807) is 0 Å². The van der Waals surface area contributed by atoms with E-state index in [1.165, 1.54) is 6.08 Å². The molecule has 0 spiro atoms. The van der Waals surface area contributed by atoms with E-state index in [0.717, 1.165) is 0 Å². The summed E-state index contributed by atoms with van der Waals surface area (Å²) in [7, 11) is -3.60. The van der Waals surface area contributed by atoms with Gasteiger partial charge in [0, 0.05) is 12.8 Å². The predicted molar refractivity (Wildman–Crippen MR) is 69.8 cm³/mol. The summed E-state index contributed by atoms with van der Waals surface area (Å²) in [6, 6.07) is 0. The summed E-state index contributed by atoms with van der Waals surface area (Å²) in [4.78, 5) is 22.8. The van der Waals surface area contributed by atoms with Crippen molar-refractivity contribution >= 4 is 21.9 Å². The molecule has 2 bridgehead atoms. The Morgan fingerprint density at radius 1 is 1.29 bits per heavy atom. The lowest BCUT2D eigenvalue weighted by Crippen LogP contribution is -2.41. The minimum absolute atomic E-state index is 0.0936. The van der Waals surface area contributed by atoms with Crippen LogP contribution in [0, 0.1) is 0 Å². The number of carbonyl (C=O) groups excluding carboxylic acids is 2. The Hall–Kier alpha value is -1.25. The van der Waals surface area contributed by atoms with Crippen molar-refractivity contribution in [2.45, 2.75) is 55.3 Å². The minimum atomic E-state index is -3.60. The summed E-state index contributed by atoms with van der Waals surface area (Å²) >= 11 is 0. The molecule has 3 aliphatic rings. The Morgan fingerprint density at radius 2 is 2.05 bits per heavy atom. The molecule has 116 valence electrons. The summed E-state index contributed by atoms with van der Waals surface area (Å²) in [6.45, 7) is 3.35. The lowest BCUT2D eigenvalue weighted by Gasteiger charge is -2.21. The van der Waals surface area contributed by atoms with Gasteiger partial charge in [0.1, 0.15) is 17.5 Å². The monoisotopic (exact) mass is 316 g/mol. The Bertz CT molecular complexity index is 581. The number of carbonyl (C=O) groups is 2. The van der Waals surface area contributed by atoms with Crippen LogP contribution < -0.4 is 0 Å². The summed E-state index contributed by atoms with van der Waals surface area (Å²) in [6.07, 6.45) is -0.121. The largest absolute Gasteiger partial charge is 0.457 e. The third-order valence-electron chi connectivity index (χ3n) is 4.09. The molecule has 0 amide bonds. The smallest absolute Gasteiger partial charge is 0.306 e. The van der Waals surface area contributed by atoms with E-state index in [-0.39, 0.29) is 18.6 Å². The molecular weight excluding hydrogens is 300 g/mol. The SMILES string of the molecule is C=CC(=O)CCCC(=O)OC1C2CC3C(O2)C1OS3(=O)=O. The zero-order valence-corrected chi connectivity index (χ0v) is 12.1. The van der Waals surface area contributed by atoms with Gasteiger partial charge in [0.25, 0.3) is 10.1 Å². The fraction of sp³-hybridized carbons (Fsp3) is 0.692. The second kappa shape index (κ2) is 5.19. The second-order valence-electron chi connectivity index (χ2n) is 5.45. The van der Waals surface area contributed by atoms with Crippen LogP contribution in [0.25, 0.3) is 0 Å². The highest BCUT2D eigenvalue weighted by Gasteiger charge is 2.67. The molecule has 3 aliphatic heterocycles. The standard InChI is InChI=1S/C13H16O7S/c1-2-7(14)4-3-5-10(15)19-11-8-6-9-12(18-8)13(11)20-21(9,16)17/h2,8-9,11-13H,1,3-6H2. The van der Waals surface area contributed by atoms with Gasteiger partial charge in [0.05, 0.1) is 6.10 Å². The van der Waals surface area contributed by atoms with E-state index in [1.807, 2.05) is 0 Å². The van der Waals surface area contributed by atoms with Gasteiger partial charge in [-0.2, -0.15) is 8.42 Å². The molecule has 0 aromatic carbocycles. The maximum atomic E-state index is 11.8. The Balaban J connectivity index is 1.54. The molecule has 8 heteroatoms. The van der Waals surface area contributed by atoms with Crippen LogP contribution in [0.15, 0.2) is 12.7 Å². The summed E-state index contributed by atoms with van der Waals surface area (Å²) in [5.41, 5.74) is 0. The van der Waals surface area contributed by atoms with Crippen molar-refractivity contribution in [1.29, 1.82) is 0 Å². The van der Waals surface area contributed by atoms with Crippen molar-refractivity contribution in [2.24, 2.45) is 0 Å². The van der Waals surface area contributed by atoms with Crippen molar-refractivity contribution in [1.82, 2.24) is 0 Å². The number of allylic oxidation sites excluding steroid dienone is 1. The molecule has 5 unspecified atom stereocenters. The van der Waals surface area contributed by atoms with Crippen LogP contribution in [0.3, 0.4) is 0 Å². The zero-order chi connectivity index (χ0) is 15.2. The van der Waals surface area contributed by atoms with Crippen LogP contribution in [0.1, 0.15) is 25.7 Å². The summed E-state index contributed by atoms with van der Waals surface area (Å²) in [5, 5.41) is -0.632. The van der Waals surface area contributed by atoms with Gasteiger partial charge in [-0.15, -0.1) is 0 Å². The van der Waals surface area contributed by atoms with Crippen LogP contribution in [-0.4, -0.2) is 49.8 Å². The number of hydrogen-bond acceptors (Lipinski definition) is 7. The number of ketones is 1. The fourth-order valence-corrected chi connectivity index (χ4v) is 4.73. The maximum absolute atomic E-state index is 11.8. The first-order valence-electron chi connectivity index (χ1n) is 6.84. The molecule has 3 rings (SSSR count). The van der Waals surface area contributed by atoms with Gasteiger partial charge in [0.15, 0.2) is 11.9 Å². The first-order valence-corrected chi connectivity index (χ1v) is 8.32. The van der Waals surface area contributed by atoms with Crippen LogP contribution in [-0.2, 0) is 33.4 Å². The highest BCUT2D eigenvalue weighted by atomic mass is 32.2. The molecule has 0 saturated carbocycles. The van der Waals surface area contributed by atoms with Crippen molar-refractivity contribution in [3.63, 3.8) is 0 Å². The first kappa shape index (κ1) is 14.7.